The number of anilines is 1. The molecule has 0 atom stereocenters. The predicted octanol–water partition coefficient (Wildman–Crippen LogP) is 3.64. The second-order valence-corrected chi connectivity index (χ2v) is 5.73. The zero-order chi connectivity index (χ0) is 17.0. The van der Waals surface area contributed by atoms with Crippen LogP contribution in [0.25, 0.3) is 11.4 Å². The average Bonchev–Trinajstić information content (AvgIpc) is 2.45. The van der Waals surface area contributed by atoms with Crippen LogP contribution in [0, 0.1) is 5.82 Å². The Balaban J connectivity index is 2.41. The van der Waals surface area contributed by atoms with Crippen LogP contribution in [0.3, 0.4) is 0 Å². The molecule has 1 aromatic carbocycles. The number of rotatable bonds is 3. The third-order valence-corrected chi connectivity index (χ3v) is 2.70. The van der Waals surface area contributed by atoms with Crippen LogP contribution in [-0.2, 0) is 4.74 Å². The lowest BCUT2D eigenvalue weighted by Crippen LogP contribution is -2.27. The van der Waals surface area contributed by atoms with Crippen molar-refractivity contribution in [2.45, 2.75) is 26.4 Å². The highest BCUT2D eigenvalue weighted by atomic mass is 19.1. The summed E-state index contributed by atoms with van der Waals surface area (Å²) >= 11 is 0. The van der Waals surface area contributed by atoms with Crippen LogP contribution in [-0.4, -0.2) is 28.8 Å². The number of hydrogen-bond donors (Lipinski definition) is 1. The summed E-state index contributed by atoms with van der Waals surface area (Å²) in [5, 5.41) is 2.49. The first-order valence-electron chi connectivity index (χ1n) is 6.95. The Morgan fingerprint density at radius 3 is 2.43 bits per heavy atom. The van der Waals surface area contributed by atoms with Crippen LogP contribution in [0.1, 0.15) is 20.8 Å². The second-order valence-electron chi connectivity index (χ2n) is 5.73. The van der Waals surface area contributed by atoms with Gasteiger partial charge < -0.3 is 9.47 Å². The van der Waals surface area contributed by atoms with E-state index in [2.05, 4.69) is 15.3 Å². The largest absolute Gasteiger partial charge is 0.494 e. The fourth-order valence-corrected chi connectivity index (χ4v) is 1.92. The molecule has 0 radical (unpaired) electrons. The van der Waals surface area contributed by atoms with Crippen molar-refractivity contribution in [3.8, 4) is 17.1 Å². The molecule has 2 aromatic rings. The van der Waals surface area contributed by atoms with Crippen molar-refractivity contribution in [2.24, 2.45) is 0 Å². The van der Waals surface area contributed by atoms with E-state index in [1.807, 2.05) is 0 Å². The smallest absolute Gasteiger partial charge is 0.412 e. The number of nitrogens with zero attached hydrogens (tertiary/aromatic N) is 2. The number of halogens is 1. The molecule has 2 rings (SSSR count). The molecule has 1 heterocycles. The number of methoxy groups -OCH3 is 1. The highest BCUT2D eigenvalue weighted by Crippen LogP contribution is 2.36. The monoisotopic (exact) mass is 319 g/mol. The van der Waals surface area contributed by atoms with Crippen molar-refractivity contribution in [1.82, 2.24) is 9.97 Å². The van der Waals surface area contributed by atoms with Gasteiger partial charge in [-0.2, -0.15) is 0 Å². The summed E-state index contributed by atoms with van der Waals surface area (Å²) in [4.78, 5) is 20.1. The minimum atomic E-state index is -0.707. The zero-order valence-corrected chi connectivity index (χ0v) is 13.4. The fraction of sp³-hybridized carbons (Fsp3) is 0.312. The van der Waals surface area contributed by atoms with Crippen LogP contribution >= 0.6 is 0 Å². The first-order valence-corrected chi connectivity index (χ1v) is 6.95. The van der Waals surface area contributed by atoms with Gasteiger partial charge in [-0.3, -0.25) is 5.32 Å². The molecule has 0 bridgehead atoms. The van der Waals surface area contributed by atoms with Gasteiger partial charge in [0.1, 0.15) is 11.4 Å². The molecule has 0 aliphatic rings. The Labute approximate surface area is 133 Å². The topological polar surface area (TPSA) is 73.3 Å². The number of carbonyl (C=O) groups is 1. The number of hydrogen-bond acceptors (Lipinski definition) is 5. The Morgan fingerprint density at radius 2 is 1.87 bits per heavy atom. The van der Waals surface area contributed by atoms with Crippen molar-refractivity contribution in [2.75, 3.05) is 12.4 Å². The van der Waals surface area contributed by atoms with Crippen molar-refractivity contribution in [3.05, 3.63) is 36.4 Å². The zero-order valence-electron chi connectivity index (χ0n) is 13.4. The van der Waals surface area contributed by atoms with Gasteiger partial charge in [0.05, 0.1) is 18.4 Å². The summed E-state index contributed by atoms with van der Waals surface area (Å²) in [6, 6.07) is 4.04. The molecule has 0 spiro atoms. The third-order valence-electron chi connectivity index (χ3n) is 2.70. The van der Waals surface area contributed by atoms with E-state index in [0.717, 1.165) is 6.07 Å². The first kappa shape index (κ1) is 16.7. The number of amides is 1. The molecule has 7 heteroatoms. The molecular weight excluding hydrogens is 301 g/mol. The molecule has 0 aliphatic heterocycles. The molecule has 1 N–H and O–H groups in total. The minimum absolute atomic E-state index is 0.143. The molecule has 1 amide bonds. The molecule has 0 aliphatic carbocycles. The lowest BCUT2D eigenvalue weighted by molar-refractivity contribution is 0.0635. The van der Waals surface area contributed by atoms with Gasteiger partial charge in [-0.25, -0.2) is 19.2 Å². The van der Waals surface area contributed by atoms with Gasteiger partial charge in [0, 0.05) is 18.5 Å². The van der Waals surface area contributed by atoms with Gasteiger partial charge in [-0.15, -0.1) is 0 Å². The van der Waals surface area contributed by atoms with Gasteiger partial charge in [-0.05, 0) is 32.9 Å². The molecule has 1 aromatic heterocycles. The maximum Gasteiger partial charge on any atom is 0.412 e. The summed E-state index contributed by atoms with van der Waals surface area (Å²) in [7, 11) is 1.42. The Hall–Kier alpha value is -2.70. The summed E-state index contributed by atoms with van der Waals surface area (Å²) in [5.41, 5.74) is -0.195. The van der Waals surface area contributed by atoms with Gasteiger partial charge in [-0.1, -0.05) is 0 Å². The number of aromatic nitrogens is 2. The molecule has 6 nitrogen and oxygen atoms in total. The van der Waals surface area contributed by atoms with E-state index in [1.165, 1.54) is 25.6 Å². The highest BCUT2D eigenvalue weighted by molar-refractivity contribution is 5.89. The third kappa shape index (κ3) is 4.38. The summed E-state index contributed by atoms with van der Waals surface area (Å²) in [6.45, 7) is 5.20. The van der Waals surface area contributed by atoms with Gasteiger partial charge >= 0.3 is 6.09 Å². The lowest BCUT2D eigenvalue weighted by Gasteiger charge is -2.20. The lowest BCUT2D eigenvalue weighted by atomic mass is 10.1. The predicted molar refractivity (Wildman–Crippen MR) is 83.8 cm³/mol. The summed E-state index contributed by atoms with van der Waals surface area (Å²) in [6.07, 6.45) is 2.36. The SMILES string of the molecule is COc1c(NC(=O)OC(C)(C)C)cc(F)cc1-c1ncccn1. The Morgan fingerprint density at radius 1 is 1.22 bits per heavy atom. The Bertz CT molecular complexity index is 700. The fourth-order valence-electron chi connectivity index (χ4n) is 1.92. The molecule has 0 unspecified atom stereocenters. The van der Waals surface area contributed by atoms with E-state index in [9.17, 15) is 9.18 Å². The van der Waals surface area contributed by atoms with Crippen LogP contribution in [0.2, 0.25) is 0 Å². The molecular formula is C16H18FN3O3. The quantitative estimate of drug-likeness (QED) is 0.935. The van der Waals surface area contributed by atoms with Crippen molar-refractivity contribution >= 4 is 11.8 Å². The van der Waals surface area contributed by atoms with Gasteiger partial charge in [0.25, 0.3) is 0 Å². The van der Waals surface area contributed by atoms with E-state index >= 15 is 0 Å². The van der Waals surface area contributed by atoms with Gasteiger partial charge in [0.2, 0.25) is 0 Å². The van der Waals surface area contributed by atoms with Crippen LogP contribution in [0.15, 0.2) is 30.6 Å². The maximum atomic E-state index is 13.9. The van der Waals surface area contributed by atoms with Crippen molar-refractivity contribution < 1.29 is 18.7 Å². The first-order chi connectivity index (χ1) is 10.8. The minimum Gasteiger partial charge on any atom is -0.494 e. The number of nitrogens with one attached hydrogen (secondary N) is 1. The van der Waals surface area contributed by atoms with E-state index < -0.39 is 17.5 Å². The second kappa shape index (κ2) is 6.60. The molecule has 0 fully saturated rings. The molecule has 0 saturated carbocycles. The maximum absolute atomic E-state index is 13.9. The van der Waals surface area contributed by atoms with E-state index in [0.29, 0.717) is 5.56 Å². The van der Waals surface area contributed by atoms with E-state index in [-0.39, 0.29) is 17.3 Å². The Kier molecular flexibility index (Phi) is 4.78. The summed E-state index contributed by atoms with van der Waals surface area (Å²) in [5.74, 6) is -0.0149. The molecule has 0 saturated heterocycles. The normalized spacial score (nSPS) is 11.0. The molecule has 23 heavy (non-hydrogen) atoms. The van der Waals surface area contributed by atoms with Crippen molar-refractivity contribution in [1.29, 1.82) is 0 Å². The van der Waals surface area contributed by atoms with Crippen molar-refractivity contribution in [3.63, 3.8) is 0 Å². The molecule has 122 valence electrons. The van der Waals surface area contributed by atoms with Gasteiger partial charge in [0.15, 0.2) is 11.6 Å². The van der Waals surface area contributed by atoms with Crippen LogP contribution in [0.5, 0.6) is 5.75 Å². The average molecular weight is 319 g/mol. The van der Waals surface area contributed by atoms with Crippen LogP contribution < -0.4 is 10.1 Å². The number of carbonyl (C=O) groups excluding carboxylic acids is 1. The highest BCUT2D eigenvalue weighted by Gasteiger charge is 2.20. The van der Waals surface area contributed by atoms with E-state index in [4.69, 9.17) is 9.47 Å². The number of benzene rings is 1. The summed E-state index contributed by atoms with van der Waals surface area (Å²) < 4.78 is 24.4. The van der Waals surface area contributed by atoms with E-state index in [1.54, 1.807) is 26.8 Å². The van der Waals surface area contributed by atoms with Crippen LogP contribution in [0.4, 0.5) is 14.9 Å². The number of ether oxygens (including phenoxy) is 2. The standard InChI is InChI=1S/C16H18FN3O3/c1-16(2,3)23-15(21)20-12-9-10(17)8-11(13(12)22-4)14-18-6-5-7-19-14/h5-9H,1-4H3,(H,20,21).